The van der Waals surface area contributed by atoms with Gasteiger partial charge in [0, 0.05) is 36.9 Å². The highest BCUT2D eigenvalue weighted by Gasteiger charge is 2.25. The fraction of sp³-hybridized carbons (Fsp3) is 0.120. The first kappa shape index (κ1) is 25.8. The summed E-state index contributed by atoms with van der Waals surface area (Å²) >= 11 is 12.1. The van der Waals surface area contributed by atoms with Crippen LogP contribution < -0.4 is 26.8 Å². The molecule has 4 N–H and O–H groups in total. The number of hydrogen-bond acceptors (Lipinski definition) is 8. The van der Waals surface area contributed by atoms with E-state index < -0.39 is 28.8 Å². The summed E-state index contributed by atoms with van der Waals surface area (Å²) in [5, 5.41) is 18.2. The first-order valence-corrected chi connectivity index (χ1v) is 11.6. The largest absolute Gasteiger partial charge is 0.481 e. The third-order valence-corrected chi connectivity index (χ3v) is 6.04. The standard InChI is InChI=1S/C25H19Cl2N5O5/c26-16-11-29-12-17(27)20(16)32-25(37)15-5-3-14(4-6-15)18(8-19(33)34)31-22-21(23(35)24(22)36)30-10-13-2-1-7-28-9-13/h1-7,9,11-12,18,30-31H,8,10H2,(H,33,34)(H,29,32,37). The number of aromatic nitrogens is 2. The van der Waals surface area contributed by atoms with Crippen LogP contribution in [0.1, 0.15) is 33.9 Å². The average molecular weight is 540 g/mol. The minimum Gasteiger partial charge on any atom is -0.481 e. The van der Waals surface area contributed by atoms with Gasteiger partial charge in [0.15, 0.2) is 0 Å². The second-order valence-electron chi connectivity index (χ2n) is 7.97. The zero-order valence-electron chi connectivity index (χ0n) is 19.0. The van der Waals surface area contributed by atoms with E-state index in [9.17, 15) is 24.3 Å². The van der Waals surface area contributed by atoms with Gasteiger partial charge in [-0.15, -0.1) is 0 Å². The lowest BCUT2D eigenvalue weighted by molar-refractivity contribution is -0.137. The lowest BCUT2D eigenvalue weighted by Crippen LogP contribution is -2.38. The predicted molar refractivity (Wildman–Crippen MR) is 140 cm³/mol. The Labute approximate surface area is 220 Å². The van der Waals surface area contributed by atoms with Crippen LogP contribution in [0.4, 0.5) is 17.1 Å². The van der Waals surface area contributed by atoms with Crippen molar-refractivity contribution >= 4 is 52.1 Å². The van der Waals surface area contributed by atoms with Crippen molar-refractivity contribution in [3.8, 4) is 0 Å². The first-order valence-electron chi connectivity index (χ1n) is 10.9. The number of nitrogens with zero attached hydrogens (tertiary/aromatic N) is 2. The van der Waals surface area contributed by atoms with Crippen molar-refractivity contribution in [3.63, 3.8) is 0 Å². The van der Waals surface area contributed by atoms with Crippen molar-refractivity contribution in [1.82, 2.24) is 9.97 Å². The zero-order valence-corrected chi connectivity index (χ0v) is 20.5. The van der Waals surface area contributed by atoms with E-state index in [4.69, 9.17) is 23.2 Å². The molecule has 1 amide bonds. The number of hydrogen-bond donors (Lipinski definition) is 4. The molecule has 4 aromatic rings. The average Bonchev–Trinajstić information content (AvgIpc) is 2.89. The van der Waals surface area contributed by atoms with E-state index in [0.717, 1.165) is 5.56 Å². The Balaban J connectivity index is 1.51. The molecule has 2 aromatic carbocycles. The number of carboxylic acids is 1. The number of halogens is 2. The normalized spacial score (nSPS) is 11.6. The molecule has 1 unspecified atom stereocenters. The zero-order chi connectivity index (χ0) is 26.5. The topological polar surface area (TPSA) is 150 Å². The minimum absolute atomic E-state index is 0.00364. The van der Waals surface area contributed by atoms with Crippen molar-refractivity contribution in [1.29, 1.82) is 0 Å². The Hall–Kier alpha value is -4.28. The van der Waals surface area contributed by atoms with Crippen molar-refractivity contribution in [2.75, 3.05) is 16.0 Å². The number of pyridine rings is 2. The number of benzene rings is 1. The summed E-state index contributed by atoms with van der Waals surface area (Å²) in [7, 11) is 0. The van der Waals surface area contributed by atoms with Gasteiger partial charge in [-0.25, -0.2) is 0 Å². The molecule has 4 rings (SSSR count). The maximum Gasteiger partial charge on any atom is 0.305 e. The molecule has 0 aliphatic heterocycles. The van der Waals surface area contributed by atoms with Crippen LogP contribution in [0, 0.1) is 0 Å². The van der Waals surface area contributed by atoms with E-state index >= 15 is 0 Å². The predicted octanol–water partition coefficient (Wildman–Crippen LogP) is 3.87. The SMILES string of the molecule is O=C(O)CC(Nc1c(NCc2cccnc2)c(=O)c1=O)c1ccc(C(=O)Nc2c(Cl)cncc2Cl)cc1. The summed E-state index contributed by atoms with van der Waals surface area (Å²) in [5.41, 5.74) is 0.401. The molecule has 0 aliphatic rings. The van der Waals surface area contributed by atoms with Crippen molar-refractivity contribution < 1.29 is 14.7 Å². The van der Waals surface area contributed by atoms with Crippen LogP contribution in [0.25, 0.3) is 0 Å². The number of aliphatic carboxylic acids is 1. The molecule has 2 aromatic heterocycles. The van der Waals surface area contributed by atoms with Crippen LogP contribution >= 0.6 is 23.2 Å². The maximum absolute atomic E-state index is 12.7. The van der Waals surface area contributed by atoms with E-state index in [1.54, 1.807) is 36.7 Å². The van der Waals surface area contributed by atoms with Gasteiger partial charge >= 0.3 is 5.97 Å². The molecule has 0 spiro atoms. The van der Waals surface area contributed by atoms with Crippen LogP contribution in [0.15, 0.2) is 70.8 Å². The Morgan fingerprint density at radius 2 is 1.57 bits per heavy atom. The molecule has 10 nitrogen and oxygen atoms in total. The molecule has 37 heavy (non-hydrogen) atoms. The van der Waals surface area contributed by atoms with E-state index in [1.807, 2.05) is 0 Å². The third kappa shape index (κ3) is 5.93. The molecule has 188 valence electrons. The molecular formula is C25H19Cl2N5O5. The number of amides is 1. The second-order valence-corrected chi connectivity index (χ2v) is 8.79. The monoisotopic (exact) mass is 539 g/mol. The van der Waals surface area contributed by atoms with Crippen LogP contribution in [0.5, 0.6) is 0 Å². The third-order valence-electron chi connectivity index (χ3n) is 5.47. The highest BCUT2D eigenvalue weighted by molar-refractivity contribution is 6.39. The van der Waals surface area contributed by atoms with Crippen LogP contribution in [-0.2, 0) is 11.3 Å². The van der Waals surface area contributed by atoms with Gasteiger partial charge in [-0.1, -0.05) is 41.4 Å². The molecule has 2 heterocycles. The van der Waals surface area contributed by atoms with Gasteiger partial charge in [-0.05, 0) is 29.3 Å². The van der Waals surface area contributed by atoms with E-state index in [1.165, 1.54) is 24.5 Å². The molecule has 0 saturated carbocycles. The minimum atomic E-state index is -1.12. The number of rotatable bonds is 10. The van der Waals surface area contributed by atoms with Gasteiger partial charge in [-0.2, -0.15) is 0 Å². The summed E-state index contributed by atoms with van der Waals surface area (Å²) in [6.07, 6.45) is 5.54. The molecule has 1 atom stereocenters. The van der Waals surface area contributed by atoms with Gasteiger partial charge in [-0.3, -0.25) is 29.1 Å². The molecule has 0 saturated heterocycles. The Kier molecular flexibility index (Phi) is 7.80. The number of carbonyl (C=O) groups is 2. The van der Waals surface area contributed by atoms with E-state index in [0.29, 0.717) is 5.56 Å². The van der Waals surface area contributed by atoms with Crippen molar-refractivity contribution in [2.24, 2.45) is 0 Å². The number of carbonyl (C=O) groups excluding carboxylic acids is 1. The van der Waals surface area contributed by atoms with Crippen LogP contribution in [-0.4, -0.2) is 27.0 Å². The summed E-state index contributed by atoms with van der Waals surface area (Å²) in [5.74, 6) is -1.61. The summed E-state index contributed by atoms with van der Waals surface area (Å²) in [6, 6.07) is 8.80. The lowest BCUT2D eigenvalue weighted by Gasteiger charge is -2.22. The summed E-state index contributed by atoms with van der Waals surface area (Å²) in [4.78, 5) is 56.4. The second kappa shape index (κ2) is 11.2. The van der Waals surface area contributed by atoms with Gasteiger partial charge in [0.1, 0.15) is 11.4 Å². The van der Waals surface area contributed by atoms with E-state index in [2.05, 4.69) is 25.9 Å². The fourth-order valence-corrected chi connectivity index (χ4v) is 4.03. The van der Waals surface area contributed by atoms with Gasteiger partial charge < -0.3 is 21.1 Å². The smallest absolute Gasteiger partial charge is 0.305 e. The first-order chi connectivity index (χ1) is 17.7. The molecule has 0 radical (unpaired) electrons. The van der Waals surface area contributed by atoms with Crippen LogP contribution in [0.3, 0.4) is 0 Å². The summed E-state index contributed by atoms with van der Waals surface area (Å²) < 4.78 is 0. The number of anilines is 3. The van der Waals surface area contributed by atoms with Gasteiger partial charge in [0.2, 0.25) is 0 Å². The Morgan fingerprint density at radius 3 is 2.19 bits per heavy atom. The molecule has 0 aliphatic carbocycles. The Bertz CT molecular complexity index is 1500. The quantitative estimate of drug-likeness (QED) is 0.220. The molecule has 0 fully saturated rings. The highest BCUT2D eigenvalue weighted by atomic mass is 35.5. The Morgan fingerprint density at radius 1 is 0.892 bits per heavy atom. The molecule has 12 heteroatoms. The maximum atomic E-state index is 12.7. The summed E-state index contributed by atoms with van der Waals surface area (Å²) in [6.45, 7) is 0.256. The lowest BCUT2D eigenvalue weighted by atomic mass is 10.0. The van der Waals surface area contributed by atoms with Gasteiger partial charge in [0.05, 0.1) is 28.2 Å². The fourth-order valence-electron chi connectivity index (χ4n) is 3.58. The highest BCUT2D eigenvalue weighted by Crippen LogP contribution is 2.30. The number of nitrogens with one attached hydrogen (secondary N) is 3. The molecular weight excluding hydrogens is 521 g/mol. The van der Waals surface area contributed by atoms with E-state index in [-0.39, 0.29) is 45.6 Å². The molecule has 0 bridgehead atoms. The van der Waals surface area contributed by atoms with Crippen molar-refractivity contribution in [2.45, 2.75) is 19.0 Å². The van der Waals surface area contributed by atoms with Gasteiger partial charge in [0.25, 0.3) is 16.8 Å². The number of carboxylic acid groups (broad SMARTS) is 1. The van der Waals surface area contributed by atoms with Crippen molar-refractivity contribution in [3.05, 3.63) is 108 Å². The van der Waals surface area contributed by atoms with Crippen LogP contribution in [0.2, 0.25) is 10.0 Å².